The molecular formula is C12H7ClF3N3O4S. The minimum atomic E-state index is -5.69. The zero-order valence-corrected chi connectivity index (χ0v) is 13.0. The van der Waals surface area contributed by atoms with E-state index in [1.54, 1.807) is 0 Å². The summed E-state index contributed by atoms with van der Waals surface area (Å²) in [4.78, 5) is 12.6. The van der Waals surface area contributed by atoms with Crippen molar-refractivity contribution in [3.63, 3.8) is 0 Å². The summed E-state index contributed by atoms with van der Waals surface area (Å²) in [5.41, 5.74) is -6.64. The highest BCUT2D eigenvalue weighted by Gasteiger charge is 2.47. The quantitative estimate of drug-likeness (QED) is 0.640. The maximum atomic E-state index is 12.5. The van der Waals surface area contributed by atoms with E-state index in [1.165, 1.54) is 18.3 Å². The van der Waals surface area contributed by atoms with Gasteiger partial charge in [0.1, 0.15) is 11.5 Å². The highest BCUT2D eigenvalue weighted by molar-refractivity contribution is 7.92. The van der Waals surface area contributed by atoms with Crippen molar-refractivity contribution in [2.45, 2.75) is 10.4 Å². The fourth-order valence-electron chi connectivity index (χ4n) is 1.66. The molecule has 0 saturated heterocycles. The Balaban J connectivity index is 2.48. The molecule has 0 aliphatic heterocycles. The van der Waals surface area contributed by atoms with Crippen molar-refractivity contribution < 1.29 is 26.5 Å². The van der Waals surface area contributed by atoms with Crippen LogP contribution in [0.2, 0.25) is 5.02 Å². The number of sulfone groups is 1. The first-order valence-corrected chi connectivity index (χ1v) is 7.87. The maximum Gasteiger partial charge on any atom is 0.501 e. The number of rotatable bonds is 4. The minimum Gasteiger partial charge on any atom is -0.335 e. The fourth-order valence-corrected chi connectivity index (χ4v) is 2.55. The van der Waals surface area contributed by atoms with E-state index in [0.29, 0.717) is 17.2 Å². The van der Waals surface area contributed by atoms with Gasteiger partial charge in [-0.25, -0.2) is 13.4 Å². The molecule has 0 radical (unpaired) electrons. The molecule has 0 aliphatic carbocycles. The monoisotopic (exact) mass is 381 g/mol. The van der Waals surface area contributed by atoms with E-state index in [1.807, 2.05) is 0 Å². The molecule has 1 aromatic heterocycles. The summed E-state index contributed by atoms with van der Waals surface area (Å²) in [5, 5.41) is 13.9. The zero-order valence-electron chi connectivity index (χ0n) is 11.4. The predicted molar refractivity (Wildman–Crippen MR) is 78.9 cm³/mol. The lowest BCUT2D eigenvalue weighted by Crippen LogP contribution is -2.23. The number of nitro groups is 1. The molecule has 0 aliphatic rings. The average molecular weight is 382 g/mol. The number of aromatic nitrogens is 1. The zero-order chi connectivity index (χ0) is 18.1. The van der Waals surface area contributed by atoms with E-state index in [0.717, 1.165) is 6.07 Å². The first-order chi connectivity index (χ1) is 11.0. The first kappa shape index (κ1) is 17.9. The fraction of sp³-hybridized carbons (Fsp3) is 0.0833. The van der Waals surface area contributed by atoms with Gasteiger partial charge in [0.15, 0.2) is 0 Å². The molecule has 0 spiro atoms. The number of benzene rings is 1. The van der Waals surface area contributed by atoms with Crippen molar-refractivity contribution in [1.82, 2.24) is 4.98 Å². The van der Waals surface area contributed by atoms with Gasteiger partial charge in [0.25, 0.3) is 15.5 Å². The molecule has 12 heteroatoms. The topological polar surface area (TPSA) is 102 Å². The number of hydrogen-bond donors (Lipinski definition) is 1. The van der Waals surface area contributed by atoms with Gasteiger partial charge in [0.2, 0.25) is 0 Å². The highest BCUT2D eigenvalue weighted by Crippen LogP contribution is 2.35. The summed E-state index contributed by atoms with van der Waals surface area (Å²) in [6.07, 6.45) is 1.25. The van der Waals surface area contributed by atoms with Gasteiger partial charge >= 0.3 is 5.51 Å². The van der Waals surface area contributed by atoms with E-state index in [9.17, 15) is 31.7 Å². The highest BCUT2D eigenvalue weighted by atomic mass is 35.5. The second-order valence-electron chi connectivity index (χ2n) is 4.37. The van der Waals surface area contributed by atoms with Crippen LogP contribution in [-0.2, 0) is 9.84 Å². The largest absolute Gasteiger partial charge is 0.501 e. The Hall–Kier alpha value is -2.40. The molecule has 2 rings (SSSR count). The van der Waals surface area contributed by atoms with Crippen LogP contribution in [-0.4, -0.2) is 23.8 Å². The van der Waals surface area contributed by atoms with Gasteiger partial charge in [-0.1, -0.05) is 11.6 Å². The molecule has 7 nitrogen and oxygen atoms in total. The summed E-state index contributed by atoms with van der Waals surface area (Å²) in [7, 11) is -5.69. The van der Waals surface area contributed by atoms with Crippen LogP contribution >= 0.6 is 11.6 Å². The SMILES string of the molecule is O=[N+]([O-])c1cc(S(=O)(=O)C(F)(F)F)ccc1Nc1ccc(Cl)cn1. The van der Waals surface area contributed by atoms with E-state index >= 15 is 0 Å². The molecule has 0 bridgehead atoms. The van der Waals surface area contributed by atoms with Crippen molar-refractivity contribution in [3.05, 3.63) is 51.7 Å². The summed E-state index contributed by atoms with van der Waals surface area (Å²) in [6, 6.07) is 4.62. The van der Waals surface area contributed by atoms with Crippen molar-refractivity contribution in [2.75, 3.05) is 5.32 Å². The van der Waals surface area contributed by atoms with Crippen molar-refractivity contribution >= 4 is 38.6 Å². The van der Waals surface area contributed by atoms with Crippen LogP contribution in [0.1, 0.15) is 0 Å². The van der Waals surface area contributed by atoms with E-state index in [-0.39, 0.29) is 11.5 Å². The molecule has 24 heavy (non-hydrogen) atoms. The Morgan fingerprint density at radius 2 is 1.88 bits per heavy atom. The van der Waals surface area contributed by atoms with Gasteiger partial charge in [0.05, 0.1) is 14.8 Å². The lowest BCUT2D eigenvalue weighted by molar-refractivity contribution is -0.384. The Labute approximate surface area is 138 Å². The smallest absolute Gasteiger partial charge is 0.335 e. The molecule has 1 N–H and O–H groups in total. The minimum absolute atomic E-state index is 0.133. The van der Waals surface area contributed by atoms with Gasteiger partial charge < -0.3 is 5.32 Å². The molecule has 1 heterocycles. The predicted octanol–water partition coefficient (Wildman–Crippen LogP) is 3.68. The lowest BCUT2D eigenvalue weighted by atomic mass is 10.2. The molecule has 128 valence electrons. The Morgan fingerprint density at radius 1 is 1.21 bits per heavy atom. The summed E-state index contributed by atoms with van der Waals surface area (Å²) in [5.74, 6) is 0.133. The molecule has 0 amide bonds. The number of anilines is 2. The van der Waals surface area contributed by atoms with Crippen molar-refractivity contribution in [1.29, 1.82) is 0 Å². The molecule has 0 atom stereocenters. The van der Waals surface area contributed by atoms with Crippen molar-refractivity contribution in [2.24, 2.45) is 0 Å². The Bertz CT molecular complexity index is 885. The van der Waals surface area contributed by atoms with E-state index < -0.39 is 30.9 Å². The lowest BCUT2D eigenvalue weighted by Gasteiger charge is -2.10. The third-order valence-corrected chi connectivity index (χ3v) is 4.48. The summed E-state index contributed by atoms with van der Waals surface area (Å²) in [6.45, 7) is 0. The third kappa shape index (κ3) is 3.57. The Morgan fingerprint density at radius 3 is 2.38 bits per heavy atom. The third-order valence-electron chi connectivity index (χ3n) is 2.77. The maximum absolute atomic E-state index is 12.5. The van der Waals surface area contributed by atoms with Crippen LogP contribution in [0.15, 0.2) is 41.4 Å². The van der Waals surface area contributed by atoms with Crippen LogP contribution in [0.5, 0.6) is 0 Å². The van der Waals surface area contributed by atoms with Crippen LogP contribution in [0.25, 0.3) is 0 Å². The van der Waals surface area contributed by atoms with Gasteiger partial charge in [-0.3, -0.25) is 10.1 Å². The van der Waals surface area contributed by atoms with Gasteiger partial charge in [-0.15, -0.1) is 0 Å². The standard InChI is InChI=1S/C12H7ClF3N3O4S/c13-7-1-4-11(17-6-7)18-9-3-2-8(5-10(9)19(20)21)24(22,23)12(14,15)16/h1-6H,(H,17,18). The molecular weight excluding hydrogens is 375 g/mol. The number of nitrogens with zero attached hydrogens (tertiary/aromatic N) is 2. The molecule has 0 fully saturated rings. The van der Waals surface area contributed by atoms with Crippen LogP contribution in [0.4, 0.5) is 30.4 Å². The number of nitrogens with one attached hydrogen (secondary N) is 1. The molecule has 0 saturated carbocycles. The van der Waals surface area contributed by atoms with E-state index in [2.05, 4.69) is 10.3 Å². The average Bonchev–Trinajstić information content (AvgIpc) is 2.48. The number of halogens is 4. The summed E-state index contributed by atoms with van der Waals surface area (Å²) >= 11 is 5.64. The molecule has 1 aromatic carbocycles. The van der Waals surface area contributed by atoms with Crippen LogP contribution < -0.4 is 5.32 Å². The molecule has 0 unspecified atom stereocenters. The molecule has 2 aromatic rings. The number of hydrogen-bond acceptors (Lipinski definition) is 6. The number of alkyl halides is 3. The second-order valence-corrected chi connectivity index (χ2v) is 6.75. The second kappa shape index (κ2) is 6.24. The van der Waals surface area contributed by atoms with Gasteiger partial charge in [-0.05, 0) is 24.3 Å². The van der Waals surface area contributed by atoms with E-state index in [4.69, 9.17) is 11.6 Å². The number of nitro benzene ring substituents is 1. The number of pyridine rings is 1. The van der Waals surface area contributed by atoms with Crippen molar-refractivity contribution in [3.8, 4) is 0 Å². The Kier molecular flexibility index (Phi) is 4.67. The van der Waals surface area contributed by atoms with Gasteiger partial charge in [-0.2, -0.15) is 13.2 Å². The van der Waals surface area contributed by atoms with Crippen LogP contribution in [0, 0.1) is 10.1 Å². The summed E-state index contributed by atoms with van der Waals surface area (Å²) < 4.78 is 60.3. The van der Waals surface area contributed by atoms with Crippen LogP contribution in [0.3, 0.4) is 0 Å². The normalized spacial score (nSPS) is 12.0. The van der Waals surface area contributed by atoms with Gasteiger partial charge in [0, 0.05) is 12.3 Å². The first-order valence-electron chi connectivity index (χ1n) is 6.01.